The van der Waals surface area contributed by atoms with Gasteiger partial charge >= 0.3 is 5.97 Å². The fourth-order valence-corrected chi connectivity index (χ4v) is 2.46. The molecule has 0 aromatic heterocycles. The molecule has 0 aliphatic heterocycles. The highest BCUT2D eigenvalue weighted by atomic mass is 16.5. The van der Waals surface area contributed by atoms with Crippen LogP contribution in [0.1, 0.15) is 31.4 Å². The number of rotatable bonds is 4. The van der Waals surface area contributed by atoms with E-state index < -0.39 is 6.04 Å². The third-order valence-electron chi connectivity index (χ3n) is 3.32. The summed E-state index contributed by atoms with van der Waals surface area (Å²) < 4.78 is 5.49. The first kappa shape index (κ1) is 13.1. The van der Waals surface area contributed by atoms with Crippen molar-refractivity contribution >= 4 is 5.97 Å². The average Bonchev–Trinajstić information content (AvgIpc) is 2.69. The lowest BCUT2D eigenvalue weighted by molar-refractivity contribution is -0.150. The Labute approximate surface area is 108 Å². The van der Waals surface area contributed by atoms with E-state index in [0.29, 0.717) is 12.3 Å². The lowest BCUT2D eigenvalue weighted by Gasteiger charge is -2.17. The summed E-state index contributed by atoms with van der Waals surface area (Å²) in [5.74, 6) is 0.148. The second-order valence-electron chi connectivity index (χ2n) is 5.47. The standard InChI is InChI=1S/C15H21NO2/c1-10(2)7-14(16)15(17)18-13-8-11-5-3-4-6-12(11)9-13/h3-6,10,13-14H,7-9,16H2,1-2H3/t14-/m0/s1. The lowest BCUT2D eigenvalue weighted by atomic mass is 10.0. The Kier molecular flexibility index (Phi) is 4.02. The van der Waals surface area contributed by atoms with Crippen molar-refractivity contribution in [3.8, 4) is 0 Å². The highest BCUT2D eigenvalue weighted by Gasteiger charge is 2.26. The Bertz CT molecular complexity index is 403. The van der Waals surface area contributed by atoms with Crippen LogP contribution < -0.4 is 5.73 Å². The second kappa shape index (κ2) is 5.53. The molecule has 2 N–H and O–H groups in total. The zero-order valence-electron chi connectivity index (χ0n) is 11.1. The Balaban J connectivity index is 1.88. The van der Waals surface area contributed by atoms with Gasteiger partial charge in [0.25, 0.3) is 0 Å². The van der Waals surface area contributed by atoms with Crippen molar-refractivity contribution in [2.75, 3.05) is 0 Å². The number of esters is 1. The molecule has 1 aliphatic carbocycles. The number of hydrogen-bond acceptors (Lipinski definition) is 3. The van der Waals surface area contributed by atoms with Crippen molar-refractivity contribution in [2.45, 2.75) is 45.3 Å². The monoisotopic (exact) mass is 247 g/mol. The van der Waals surface area contributed by atoms with Gasteiger partial charge in [-0.05, 0) is 23.5 Å². The van der Waals surface area contributed by atoms with Crippen LogP contribution in [0, 0.1) is 5.92 Å². The van der Waals surface area contributed by atoms with Gasteiger partial charge in [-0.2, -0.15) is 0 Å². The molecule has 0 radical (unpaired) electrons. The molecule has 1 aromatic rings. The van der Waals surface area contributed by atoms with Crippen LogP contribution in [0.2, 0.25) is 0 Å². The fourth-order valence-electron chi connectivity index (χ4n) is 2.46. The fraction of sp³-hybridized carbons (Fsp3) is 0.533. The lowest BCUT2D eigenvalue weighted by Crippen LogP contribution is -2.36. The molecular formula is C15H21NO2. The molecule has 0 spiro atoms. The highest BCUT2D eigenvalue weighted by molar-refractivity contribution is 5.75. The Morgan fingerprint density at radius 1 is 1.33 bits per heavy atom. The number of nitrogens with two attached hydrogens (primary N) is 1. The minimum atomic E-state index is -0.492. The minimum Gasteiger partial charge on any atom is -0.461 e. The molecule has 0 bridgehead atoms. The van der Waals surface area contributed by atoms with E-state index in [2.05, 4.69) is 26.0 Å². The van der Waals surface area contributed by atoms with Gasteiger partial charge in [0.1, 0.15) is 12.1 Å². The maximum atomic E-state index is 11.8. The molecule has 1 aliphatic rings. The zero-order chi connectivity index (χ0) is 13.1. The molecule has 1 atom stereocenters. The van der Waals surface area contributed by atoms with E-state index in [1.54, 1.807) is 0 Å². The predicted molar refractivity (Wildman–Crippen MR) is 71.2 cm³/mol. The van der Waals surface area contributed by atoms with Gasteiger partial charge in [0.15, 0.2) is 0 Å². The number of fused-ring (bicyclic) bond motifs is 1. The van der Waals surface area contributed by atoms with E-state index in [-0.39, 0.29) is 12.1 Å². The Morgan fingerprint density at radius 3 is 2.39 bits per heavy atom. The summed E-state index contributed by atoms with van der Waals surface area (Å²) in [6.07, 6.45) is 2.28. The van der Waals surface area contributed by atoms with E-state index in [1.165, 1.54) is 11.1 Å². The first-order chi connectivity index (χ1) is 8.56. The third-order valence-corrected chi connectivity index (χ3v) is 3.32. The predicted octanol–water partition coefficient (Wildman–Crippen LogP) is 2.07. The molecule has 0 fully saturated rings. The zero-order valence-corrected chi connectivity index (χ0v) is 11.1. The van der Waals surface area contributed by atoms with Crippen molar-refractivity contribution < 1.29 is 9.53 Å². The molecular weight excluding hydrogens is 226 g/mol. The van der Waals surface area contributed by atoms with Gasteiger partial charge in [0.05, 0.1) is 0 Å². The quantitative estimate of drug-likeness (QED) is 0.829. The Morgan fingerprint density at radius 2 is 1.89 bits per heavy atom. The molecule has 0 saturated heterocycles. The van der Waals surface area contributed by atoms with Crippen LogP contribution in [0.25, 0.3) is 0 Å². The summed E-state index contributed by atoms with van der Waals surface area (Å²) in [6, 6.07) is 7.74. The number of hydrogen-bond donors (Lipinski definition) is 1. The largest absolute Gasteiger partial charge is 0.461 e. The normalized spacial score (nSPS) is 16.7. The van der Waals surface area contributed by atoms with Crippen LogP contribution in [0.15, 0.2) is 24.3 Å². The molecule has 2 rings (SSSR count). The van der Waals surface area contributed by atoms with Crippen molar-refractivity contribution in [3.05, 3.63) is 35.4 Å². The maximum Gasteiger partial charge on any atom is 0.323 e. The molecule has 0 heterocycles. The minimum absolute atomic E-state index is 0.0342. The van der Waals surface area contributed by atoms with E-state index >= 15 is 0 Å². The van der Waals surface area contributed by atoms with E-state index in [9.17, 15) is 4.79 Å². The first-order valence-electron chi connectivity index (χ1n) is 6.59. The smallest absolute Gasteiger partial charge is 0.323 e. The summed E-state index contributed by atoms with van der Waals surface area (Å²) >= 11 is 0. The number of benzene rings is 1. The van der Waals surface area contributed by atoms with Crippen molar-refractivity contribution in [1.82, 2.24) is 0 Å². The van der Waals surface area contributed by atoms with Crippen LogP contribution in [0.3, 0.4) is 0 Å². The number of ether oxygens (including phenoxy) is 1. The average molecular weight is 247 g/mol. The highest BCUT2D eigenvalue weighted by Crippen LogP contribution is 2.24. The van der Waals surface area contributed by atoms with Crippen molar-refractivity contribution in [2.24, 2.45) is 11.7 Å². The van der Waals surface area contributed by atoms with Crippen molar-refractivity contribution in [1.29, 1.82) is 0 Å². The van der Waals surface area contributed by atoms with Gasteiger partial charge in [-0.1, -0.05) is 38.1 Å². The molecule has 3 nitrogen and oxygen atoms in total. The van der Waals surface area contributed by atoms with Gasteiger partial charge < -0.3 is 10.5 Å². The summed E-state index contributed by atoms with van der Waals surface area (Å²) in [5.41, 5.74) is 8.40. The molecule has 3 heteroatoms. The maximum absolute atomic E-state index is 11.8. The van der Waals surface area contributed by atoms with Gasteiger partial charge in [0, 0.05) is 12.8 Å². The third kappa shape index (κ3) is 3.10. The summed E-state index contributed by atoms with van der Waals surface area (Å²) in [7, 11) is 0. The molecule has 0 unspecified atom stereocenters. The molecule has 0 amide bonds. The van der Waals surface area contributed by atoms with Crippen LogP contribution in [0.4, 0.5) is 0 Å². The van der Waals surface area contributed by atoms with Crippen LogP contribution in [-0.2, 0) is 22.4 Å². The number of carbonyl (C=O) groups excluding carboxylic acids is 1. The molecule has 1 aromatic carbocycles. The summed E-state index contributed by atoms with van der Waals surface area (Å²) in [6.45, 7) is 4.11. The van der Waals surface area contributed by atoms with Crippen LogP contribution in [-0.4, -0.2) is 18.1 Å². The van der Waals surface area contributed by atoms with Gasteiger partial charge in [-0.3, -0.25) is 4.79 Å². The first-order valence-corrected chi connectivity index (χ1v) is 6.59. The van der Waals surface area contributed by atoms with Gasteiger partial charge in [-0.25, -0.2) is 0 Å². The molecule has 18 heavy (non-hydrogen) atoms. The van der Waals surface area contributed by atoms with Crippen LogP contribution >= 0.6 is 0 Å². The van der Waals surface area contributed by atoms with E-state index in [0.717, 1.165) is 12.8 Å². The SMILES string of the molecule is CC(C)C[C@H](N)C(=O)OC1Cc2ccccc2C1. The van der Waals surface area contributed by atoms with Gasteiger partial charge in [0.2, 0.25) is 0 Å². The summed E-state index contributed by atoms with van der Waals surface area (Å²) in [5, 5.41) is 0. The topological polar surface area (TPSA) is 52.3 Å². The Hall–Kier alpha value is -1.35. The second-order valence-corrected chi connectivity index (χ2v) is 5.47. The molecule has 0 saturated carbocycles. The molecule has 98 valence electrons. The van der Waals surface area contributed by atoms with Crippen LogP contribution in [0.5, 0.6) is 0 Å². The summed E-state index contributed by atoms with van der Waals surface area (Å²) in [4.78, 5) is 11.8. The van der Waals surface area contributed by atoms with Gasteiger partial charge in [-0.15, -0.1) is 0 Å². The van der Waals surface area contributed by atoms with E-state index in [4.69, 9.17) is 10.5 Å². The number of carbonyl (C=O) groups is 1. The van der Waals surface area contributed by atoms with E-state index in [1.807, 2.05) is 12.1 Å². The van der Waals surface area contributed by atoms with Crippen molar-refractivity contribution in [3.63, 3.8) is 0 Å².